The lowest BCUT2D eigenvalue weighted by atomic mass is 10.1. The van der Waals surface area contributed by atoms with Gasteiger partial charge in [-0.15, -0.1) is 0 Å². The minimum absolute atomic E-state index is 0.351. The predicted molar refractivity (Wildman–Crippen MR) is 101 cm³/mol. The molecule has 116 valence electrons. The smallest absolute Gasteiger partial charge is 0.215 e. The lowest BCUT2D eigenvalue weighted by Gasteiger charge is -2.11. The van der Waals surface area contributed by atoms with E-state index >= 15 is 0 Å². The summed E-state index contributed by atoms with van der Waals surface area (Å²) in [5, 5.41) is 13.0. The Morgan fingerprint density at radius 2 is 1.08 bits per heavy atom. The van der Waals surface area contributed by atoms with E-state index in [1.165, 1.54) is 9.79 Å². The molecule has 2 heteroatoms. The van der Waals surface area contributed by atoms with Crippen LogP contribution < -0.4 is 0 Å². The van der Waals surface area contributed by atoms with Gasteiger partial charge in [-0.2, -0.15) is 0 Å². The number of benzene rings is 4. The summed E-state index contributed by atoms with van der Waals surface area (Å²) in [5.41, 5.74) is 0. The number of hydrogen-bond donors (Lipinski definition) is 1. The molecule has 4 aromatic carbocycles. The summed E-state index contributed by atoms with van der Waals surface area (Å²) in [6, 6.07) is 32.9. The van der Waals surface area contributed by atoms with Crippen molar-refractivity contribution in [2.75, 3.05) is 0 Å². The van der Waals surface area contributed by atoms with Gasteiger partial charge in [0.05, 0.1) is 0 Å². The van der Waals surface area contributed by atoms with Crippen molar-refractivity contribution in [1.82, 2.24) is 0 Å². The molecule has 0 fully saturated rings. The summed E-state index contributed by atoms with van der Waals surface area (Å²) >= 11 is 0. The number of hydrogen-bond acceptors (Lipinski definition) is 1. The van der Waals surface area contributed by atoms with Gasteiger partial charge in [0.2, 0.25) is 4.90 Å². The highest BCUT2D eigenvalue weighted by atomic mass is 32.2. The van der Waals surface area contributed by atoms with Gasteiger partial charge in [0.15, 0.2) is 15.5 Å². The highest BCUT2D eigenvalue weighted by Gasteiger charge is 2.33. The second-order valence-corrected chi connectivity index (χ2v) is 7.53. The van der Waals surface area contributed by atoms with Crippen LogP contribution in [-0.4, -0.2) is 5.11 Å². The van der Waals surface area contributed by atoms with E-state index in [9.17, 15) is 5.11 Å². The summed E-state index contributed by atoms with van der Waals surface area (Å²) in [6.45, 7) is 0. The molecule has 0 spiro atoms. The van der Waals surface area contributed by atoms with E-state index in [2.05, 4.69) is 60.7 Å². The summed E-state index contributed by atoms with van der Waals surface area (Å²) in [5.74, 6) is 0.352. The molecule has 0 bridgehead atoms. The van der Waals surface area contributed by atoms with Crippen molar-refractivity contribution in [1.29, 1.82) is 0 Å². The topological polar surface area (TPSA) is 20.2 Å². The Morgan fingerprint density at radius 3 is 1.71 bits per heavy atom. The van der Waals surface area contributed by atoms with Crippen LogP contribution >= 0.6 is 0 Å². The zero-order valence-corrected chi connectivity index (χ0v) is 13.9. The zero-order valence-electron chi connectivity index (χ0n) is 13.1. The average molecular weight is 329 g/mol. The van der Waals surface area contributed by atoms with Crippen LogP contribution in [0.15, 0.2) is 112 Å². The quantitative estimate of drug-likeness (QED) is 0.482. The molecule has 4 rings (SSSR count). The fraction of sp³-hybridized carbons (Fsp3) is 0. The maximum atomic E-state index is 10.7. The molecule has 1 nitrogen and oxygen atoms in total. The summed E-state index contributed by atoms with van der Waals surface area (Å²) in [4.78, 5) is 3.40. The second-order valence-electron chi connectivity index (χ2n) is 5.57. The number of rotatable bonds is 3. The molecule has 0 saturated carbocycles. The largest absolute Gasteiger partial charge is 0.503 e. The molecule has 0 aliphatic carbocycles. The van der Waals surface area contributed by atoms with Gasteiger partial charge in [-0.25, -0.2) is 0 Å². The standard InChI is InChI=1S/C22H16OS/c23-21-16-15-17-9-7-8-14-20(17)22(21)24(18-10-3-1-4-11-18)19-12-5-2-6-13-19/h1-16H/p+1. The minimum atomic E-state index is -0.351. The maximum absolute atomic E-state index is 10.7. The fourth-order valence-electron chi connectivity index (χ4n) is 2.93. The Morgan fingerprint density at radius 1 is 0.542 bits per heavy atom. The first-order valence-electron chi connectivity index (χ1n) is 7.90. The molecule has 4 aromatic rings. The van der Waals surface area contributed by atoms with E-state index in [0.717, 1.165) is 15.7 Å². The Bertz CT molecular complexity index is 925. The van der Waals surface area contributed by atoms with E-state index in [-0.39, 0.29) is 10.9 Å². The van der Waals surface area contributed by atoms with Crippen LogP contribution in [0.25, 0.3) is 10.8 Å². The Labute approximate surface area is 144 Å². The summed E-state index contributed by atoms with van der Waals surface area (Å²) in [7, 11) is -0.351. The Hall–Kier alpha value is -2.71. The van der Waals surface area contributed by atoms with Gasteiger partial charge in [-0.1, -0.05) is 60.7 Å². The molecule has 0 aliphatic rings. The molecule has 0 saturated heterocycles. The number of phenols is 1. The molecular weight excluding hydrogens is 312 g/mol. The van der Waals surface area contributed by atoms with Crippen LogP contribution in [0, 0.1) is 0 Å². The molecule has 0 unspecified atom stereocenters. The lowest BCUT2D eigenvalue weighted by molar-refractivity contribution is 0.463. The Balaban J connectivity index is 2.04. The number of phenolic OH excluding ortho intramolecular Hbond substituents is 1. The normalized spacial score (nSPS) is 11.0. The number of fused-ring (bicyclic) bond motifs is 1. The zero-order chi connectivity index (χ0) is 16.4. The molecule has 1 N–H and O–H groups in total. The van der Waals surface area contributed by atoms with Gasteiger partial charge in [0, 0.05) is 5.39 Å². The van der Waals surface area contributed by atoms with Gasteiger partial charge in [0.1, 0.15) is 10.9 Å². The molecule has 0 radical (unpaired) electrons. The summed E-state index contributed by atoms with van der Waals surface area (Å²) < 4.78 is 0. The highest BCUT2D eigenvalue weighted by Crippen LogP contribution is 2.40. The van der Waals surface area contributed by atoms with Gasteiger partial charge in [0.25, 0.3) is 0 Å². The minimum Gasteiger partial charge on any atom is -0.503 e. The maximum Gasteiger partial charge on any atom is 0.215 e. The van der Waals surface area contributed by atoms with Crippen molar-refractivity contribution in [3.05, 3.63) is 97.1 Å². The molecular formula is C22H17OS+. The molecule has 0 heterocycles. The first-order chi connectivity index (χ1) is 11.8. The van der Waals surface area contributed by atoms with Crippen molar-refractivity contribution in [2.24, 2.45) is 0 Å². The van der Waals surface area contributed by atoms with Gasteiger partial charge in [-0.3, -0.25) is 0 Å². The van der Waals surface area contributed by atoms with Gasteiger partial charge < -0.3 is 5.11 Å². The van der Waals surface area contributed by atoms with Crippen molar-refractivity contribution < 1.29 is 5.11 Å². The third-order valence-corrected chi connectivity index (χ3v) is 6.35. The average Bonchev–Trinajstić information content (AvgIpc) is 2.66. The lowest BCUT2D eigenvalue weighted by Crippen LogP contribution is -2.05. The van der Waals surface area contributed by atoms with Crippen LogP contribution in [-0.2, 0) is 10.9 Å². The molecule has 0 aromatic heterocycles. The molecule has 0 aliphatic heterocycles. The van der Waals surface area contributed by atoms with E-state index in [1.807, 2.05) is 36.4 Å². The second kappa shape index (κ2) is 6.42. The molecule has 0 atom stereocenters. The third kappa shape index (κ3) is 2.66. The fourth-order valence-corrected chi connectivity index (χ4v) is 5.22. The van der Waals surface area contributed by atoms with Crippen LogP contribution in [0.2, 0.25) is 0 Å². The van der Waals surface area contributed by atoms with E-state index in [1.54, 1.807) is 0 Å². The first-order valence-corrected chi connectivity index (χ1v) is 9.12. The van der Waals surface area contributed by atoms with Crippen molar-refractivity contribution in [3.8, 4) is 5.75 Å². The van der Waals surface area contributed by atoms with Crippen molar-refractivity contribution in [2.45, 2.75) is 14.7 Å². The monoisotopic (exact) mass is 329 g/mol. The van der Waals surface area contributed by atoms with Crippen LogP contribution in [0.4, 0.5) is 0 Å². The SMILES string of the molecule is Oc1ccc2ccccc2c1[S+](c1ccccc1)c1ccccc1. The van der Waals surface area contributed by atoms with Gasteiger partial charge >= 0.3 is 0 Å². The predicted octanol–water partition coefficient (Wildman–Crippen LogP) is 5.64. The van der Waals surface area contributed by atoms with Crippen molar-refractivity contribution in [3.63, 3.8) is 0 Å². The number of aromatic hydroxyl groups is 1. The molecule has 0 amide bonds. The highest BCUT2D eigenvalue weighted by molar-refractivity contribution is 7.97. The van der Waals surface area contributed by atoms with Crippen LogP contribution in [0.1, 0.15) is 0 Å². The third-order valence-electron chi connectivity index (χ3n) is 4.02. The molecule has 24 heavy (non-hydrogen) atoms. The van der Waals surface area contributed by atoms with Crippen LogP contribution in [0.3, 0.4) is 0 Å². The first kappa shape index (κ1) is 14.9. The van der Waals surface area contributed by atoms with E-state index in [4.69, 9.17) is 0 Å². The Kier molecular flexibility index (Phi) is 3.97. The summed E-state index contributed by atoms with van der Waals surface area (Å²) in [6.07, 6.45) is 0. The van der Waals surface area contributed by atoms with E-state index in [0.29, 0.717) is 5.75 Å². The van der Waals surface area contributed by atoms with Gasteiger partial charge in [-0.05, 0) is 41.8 Å². The van der Waals surface area contributed by atoms with E-state index < -0.39 is 0 Å². The van der Waals surface area contributed by atoms with Crippen molar-refractivity contribution >= 4 is 21.7 Å². The van der Waals surface area contributed by atoms with Crippen LogP contribution in [0.5, 0.6) is 5.75 Å².